The number of aryl methyl sites for hydroxylation is 1. The lowest BCUT2D eigenvalue weighted by molar-refractivity contribution is -0.154. The van der Waals surface area contributed by atoms with Gasteiger partial charge in [-0.25, -0.2) is 0 Å². The molecule has 2 aliphatic carbocycles. The number of fused-ring (bicyclic) bond motifs is 2. The van der Waals surface area contributed by atoms with Gasteiger partial charge in [0.15, 0.2) is 12.4 Å². The van der Waals surface area contributed by atoms with Crippen LogP contribution in [0, 0.1) is 23.7 Å². The van der Waals surface area contributed by atoms with Gasteiger partial charge < -0.3 is 10.1 Å². The third kappa shape index (κ3) is 4.02. The van der Waals surface area contributed by atoms with E-state index in [4.69, 9.17) is 4.74 Å². The second-order valence-corrected chi connectivity index (χ2v) is 8.28. The van der Waals surface area contributed by atoms with Gasteiger partial charge in [-0.15, -0.1) is 0 Å². The summed E-state index contributed by atoms with van der Waals surface area (Å²) in [5, 5.41) is 2.82. The summed E-state index contributed by atoms with van der Waals surface area (Å²) >= 11 is 0. The zero-order valence-electron chi connectivity index (χ0n) is 17.2. The highest BCUT2D eigenvalue weighted by molar-refractivity contribution is 6.01. The molecule has 2 saturated carbocycles. The van der Waals surface area contributed by atoms with E-state index in [0.717, 1.165) is 36.9 Å². The molecule has 2 aromatic carbocycles. The Bertz CT molecular complexity index is 939. The van der Waals surface area contributed by atoms with Gasteiger partial charge in [-0.1, -0.05) is 55.5 Å². The van der Waals surface area contributed by atoms with Gasteiger partial charge in [-0.3, -0.25) is 14.4 Å². The maximum atomic E-state index is 13.1. The number of ether oxygens (including phenoxy) is 1. The first-order valence-corrected chi connectivity index (χ1v) is 10.7. The lowest BCUT2D eigenvalue weighted by atomic mass is 9.75. The summed E-state index contributed by atoms with van der Waals surface area (Å²) in [4.78, 5) is 38.4. The van der Waals surface area contributed by atoms with Crippen molar-refractivity contribution in [1.29, 1.82) is 0 Å². The van der Waals surface area contributed by atoms with E-state index in [9.17, 15) is 14.4 Å². The largest absolute Gasteiger partial charge is 0.455 e. The Morgan fingerprint density at radius 2 is 1.60 bits per heavy atom. The number of hydrogen-bond donors (Lipinski definition) is 1. The number of carbonyl (C=O) groups is 3. The predicted molar refractivity (Wildman–Crippen MR) is 114 cm³/mol. The van der Waals surface area contributed by atoms with Crippen LogP contribution in [-0.4, -0.2) is 24.3 Å². The molecule has 0 heterocycles. The zero-order valence-corrected chi connectivity index (χ0v) is 17.2. The number of ketones is 1. The molecule has 4 atom stereocenters. The molecule has 1 amide bonds. The summed E-state index contributed by atoms with van der Waals surface area (Å²) in [5.74, 6) is -1.16. The fraction of sp³-hybridized carbons (Fsp3) is 0.400. The number of Topliss-reactive ketones (excluding diaryl/α,β-unsaturated/α-hetero) is 1. The van der Waals surface area contributed by atoms with Gasteiger partial charge in [-0.05, 0) is 49.1 Å². The van der Waals surface area contributed by atoms with Gasteiger partial charge >= 0.3 is 5.97 Å². The molecule has 1 N–H and O–H groups in total. The highest BCUT2D eigenvalue weighted by Crippen LogP contribution is 2.53. The van der Waals surface area contributed by atoms with Crippen LogP contribution in [0.15, 0.2) is 54.6 Å². The van der Waals surface area contributed by atoms with E-state index in [1.165, 1.54) is 0 Å². The molecule has 156 valence electrons. The molecule has 0 spiro atoms. The van der Waals surface area contributed by atoms with Crippen molar-refractivity contribution in [3.63, 3.8) is 0 Å². The Hall–Kier alpha value is -2.95. The number of rotatable bonds is 7. The molecule has 0 aromatic heterocycles. The molecule has 2 bridgehead atoms. The molecular weight excluding hydrogens is 378 g/mol. The molecule has 2 aromatic rings. The van der Waals surface area contributed by atoms with Gasteiger partial charge in [0.05, 0.1) is 5.92 Å². The molecular formula is C25H27NO4. The maximum absolute atomic E-state index is 13.1. The highest BCUT2D eigenvalue weighted by Gasteiger charge is 2.54. The van der Waals surface area contributed by atoms with Crippen LogP contribution in [-0.2, 0) is 20.7 Å². The van der Waals surface area contributed by atoms with Crippen LogP contribution < -0.4 is 5.32 Å². The summed E-state index contributed by atoms with van der Waals surface area (Å²) < 4.78 is 5.40. The maximum Gasteiger partial charge on any atom is 0.310 e. The molecule has 30 heavy (non-hydrogen) atoms. The van der Waals surface area contributed by atoms with Crippen LogP contribution in [0.2, 0.25) is 0 Å². The lowest BCUT2D eigenvalue weighted by Gasteiger charge is -2.28. The van der Waals surface area contributed by atoms with Gasteiger partial charge in [0.2, 0.25) is 0 Å². The Morgan fingerprint density at radius 3 is 2.33 bits per heavy atom. The molecule has 0 aliphatic heterocycles. The van der Waals surface area contributed by atoms with Crippen molar-refractivity contribution in [2.45, 2.75) is 32.6 Å². The number of hydrogen-bond acceptors (Lipinski definition) is 4. The van der Waals surface area contributed by atoms with Crippen LogP contribution in [0.4, 0.5) is 5.69 Å². The first-order valence-electron chi connectivity index (χ1n) is 10.7. The normalized spacial score (nSPS) is 24.4. The Morgan fingerprint density at radius 1 is 0.933 bits per heavy atom. The van der Waals surface area contributed by atoms with Crippen molar-refractivity contribution in [2.75, 3.05) is 11.9 Å². The highest BCUT2D eigenvalue weighted by atomic mass is 16.5. The third-order valence-corrected chi connectivity index (χ3v) is 6.57. The molecule has 2 fully saturated rings. The quantitative estimate of drug-likeness (QED) is 0.551. The second-order valence-electron chi connectivity index (χ2n) is 8.28. The summed E-state index contributed by atoms with van der Waals surface area (Å²) in [5.41, 5.74) is 2.40. The summed E-state index contributed by atoms with van der Waals surface area (Å²) in [6, 6.07) is 16.7. The van der Waals surface area contributed by atoms with Crippen LogP contribution in [0.5, 0.6) is 0 Å². The average molecular weight is 405 g/mol. The molecule has 4 rings (SSSR count). The van der Waals surface area contributed by atoms with E-state index in [0.29, 0.717) is 5.56 Å². The Kier molecular flexibility index (Phi) is 5.98. The second kappa shape index (κ2) is 8.82. The van der Waals surface area contributed by atoms with Crippen molar-refractivity contribution in [1.82, 2.24) is 0 Å². The standard InChI is InChI=1S/C25H27NO4/c1-2-16-8-6-7-11-20(16)26-21(27)15-30-25(29)23-19-13-12-18(14-19)22(23)24(28)17-9-4-3-5-10-17/h3-11,18-19,22-23H,2,12-15H2,1H3,(H,26,27)/t18-,19-,22-,23+/m0/s1. The Balaban J connectivity index is 1.40. The minimum absolute atomic E-state index is 0.0195. The number of para-hydroxylation sites is 1. The van der Waals surface area contributed by atoms with E-state index in [1.54, 1.807) is 12.1 Å². The van der Waals surface area contributed by atoms with Crippen molar-refractivity contribution in [3.05, 3.63) is 65.7 Å². The smallest absolute Gasteiger partial charge is 0.310 e. The third-order valence-electron chi connectivity index (χ3n) is 6.57. The zero-order chi connectivity index (χ0) is 21.1. The molecule has 5 heteroatoms. The Labute approximate surface area is 176 Å². The summed E-state index contributed by atoms with van der Waals surface area (Å²) in [6.45, 7) is 1.68. The van der Waals surface area contributed by atoms with Crippen molar-refractivity contribution < 1.29 is 19.1 Å². The molecule has 0 radical (unpaired) electrons. The van der Waals surface area contributed by atoms with Gasteiger partial charge in [-0.2, -0.15) is 0 Å². The minimum Gasteiger partial charge on any atom is -0.455 e. The topological polar surface area (TPSA) is 72.5 Å². The van der Waals surface area contributed by atoms with Crippen LogP contribution >= 0.6 is 0 Å². The number of benzene rings is 2. The van der Waals surface area contributed by atoms with Crippen molar-refractivity contribution in [2.24, 2.45) is 23.7 Å². The van der Waals surface area contributed by atoms with E-state index >= 15 is 0 Å². The van der Waals surface area contributed by atoms with Crippen LogP contribution in [0.3, 0.4) is 0 Å². The number of carbonyl (C=O) groups excluding carboxylic acids is 3. The first kappa shape index (κ1) is 20.3. The minimum atomic E-state index is -0.452. The molecule has 0 saturated heterocycles. The first-order chi connectivity index (χ1) is 14.6. The number of amides is 1. The fourth-order valence-electron chi connectivity index (χ4n) is 5.17. The summed E-state index contributed by atoms with van der Waals surface area (Å²) in [6.07, 6.45) is 3.61. The monoisotopic (exact) mass is 405 g/mol. The summed E-state index contributed by atoms with van der Waals surface area (Å²) in [7, 11) is 0. The van der Waals surface area contributed by atoms with E-state index < -0.39 is 11.9 Å². The van der Waals surface area contributed by atoms with E-state index in [1.807, 2.05) is 49.4 Å². The van der Waals surface area contributed by atoms with Crippen molar-refractivity contribution >= 4 is 23.3 Å². The van der Waals surface area contributed by atoms with Gasteiger partial charge in [0.1, 0.15) is 0 Å². The molecule has 5 nitrogen and oxygen atoms in total. The van der Waals surface area contributed by atoms with E-state index in [2.05, 4.69) is 5.32 Å². The van der Waals surface area contributed by atoms with Gasteiger partial charge in [0.25, 0.3) is 5.91 Å². The van der Waals surface area contributed by atoms with Crippen LogP contribution in [0.1, 0.15) is 42.1 Å². The average Bonchev–Trinajstić information content (AvgIpc) is 3.40. The molecule has 2 aliphatic rings. The number of esters is 1. The fourth-order valence-corrected chi connectivity index (χ4v) is 5.17. The van der Waals surface area contributed by atoms with Crippen LogP contribution in [0.25, 0.3) is 0 Å². The predicted octanol–water partition coefficient (Wildman–Crippen LogP) is 4.28. The number of nitrogens with one attached hydrogen (secondary N) is 1. The number of anilines is 1. The van der Waals surface area contributed by atoms with E-state index in [-0.39, 0.29) is 36.1 Å². The van der Waals surface area contributed by atoms with Crippen molar-refractivity contribution in [3.8, 4) is 0 Å². The molecule has 0 unspecified atom stereocenters. The van der Waals surface area contributed by atoms with Gasteiger partial charge in [0, 0.05) is 17.2 Å². The SMILES string of the molecule is CCc1ccccc1NC(=O)COC(=O)[C@@H]1[C@H]2CC[C@@H](C2)[C@@H]1C(=O)c1ccccc1. The lowest BCUT2D eigenvalue weighted by Crippen LogP contribution is -2.37.